The van der Waals surface area contributed by atoms with Crippen molar-refractivity contribution in [2.24, 2.45) is 0 Å². The van der Waals surface area contributed by atoms with Crippen molar-refractivity contribution in [1.29, 1.82) is 0 Å². The van der Waals surface area contributed by atoms with Gasteiger partial charge in [-0.15, -0.1) is 0 Å². The van der Waals surface area contributed by atoms with E-state index in [1.54, 1.807) is 30.0 Å². The van der Waals surface area contributed by atoms with Crippen molar-refractivity contribution in [3.8, 4) is 11.3 Å². The van der Waals surface area contributed by atoms with E-state index in [2.05, 4.69) is 19.2 Å². The van der Waals surface area contributed by atoms with Crippen molar-refractivity contribution < 1.29 is 13.9 Å². The molecular formula is C24H30FN5O2. The Bertz CT molecular complexity index is 1140. The highest BCUT2D eigenvalue weighted by molar-refractivity contribution is 5.93. The average Bonchev–Trinajstić information content (AvgIpc) is 3.17. The number of hydrogen-bond donors (Lipinski definition) is 1. The first kappa shape index (κ1) is 22.4. The summed E-state index contributed by atoms with van der Waals surface area (Å²) in [4.78, 5) is 20.0. The van der Waals surface area contributed by atoms with Crippen LogP contribution in [0, 0.1) is 5.82 Å². The van der Waals surface area contributed by atoms with Crippen molar-refractivity contribution in [2.75, 3.05) is 33.4 Å². The molecule has 0 unspecified atom stereocenters. The first-order chi connectivity index (χ1) is 15.1. The Morgan fingerprint density at radius 2 is 2.00 bits per heavy atom. The zero-order valence-corrected chi connectivity index (χ0v) is 19.3. The van der Waals surface area contributed by atoms with E-state index in [9.17, 15) is 9.18 Å². The molecule has 0 radical (unpaired) electrons. The number of amides is 1. The summed E-state index contributed by atoms with van der Waals surface area (Å²) < 4.78 is 20.6. The van der Waals surface area contributed by atoms with E-state index >= 15 is 0 Å². The topological polar surface area (TPSA) is 71.8 Å². The molecule has 1 aliphatic heterocycles. The van der Waals surface area contributed by atoms with Gasteiger partial charge in [-0.25, -0.2) is 13.9 Å². The third kappa shape index (κ3) is 4.12. The zero-order valence-electron chi connectivity index (χ0n) is 19.3. The fraction of sp³-hybridized carbons (Fsp3) is 0.458. The van der Waals surface area contributed by atoms with Gasteiger partial charge in [0.15, 0.2) is 5.65 Å². The Hall–Kier alpha value is -2.84. The van der Waals surface area contributed by atoms with Crippen LogP contribution in [0.2, 0.25) is 0 Å². The number of nitrogens with one attached hydrogen (secondary N) is 1. The smallest absolute Gasteiger partial charge is 0.274 e. The van der Waals surface area contributed by atoms with Crippen LogP contribution >= 0.6 is 0 Å². The largest absolute Gasteiger partial charge is 0.384 e. The van der Waals surface area contributed by atoms with Crippen LogP contribution in [0.25, 0.3) is 16.9 Å². The number of methoxy groups -OCH3 is 1. The second-order valence-corrected chi connectivity index (χ2v) is 9.61. The van der Waals surface area contributed by atoms with Gasteiger partial charge in [0.2, 0.25) is 0 Å². The number of halogens is 1. The second-order valence-electron chi connectivity index (χ2n) is 9.61. The Kier molecular flexibility index (Phi) is 5.77. The monoisotopic (exact) mass is 439 g/mol. The number of ether oxygens (including phenoxy) is 1. The van der Waals surface area contributed by atoms with Crippen molar-refractivity contribution >= 4 is 11.6 Å². The molecule has 0 aliphatic carbocycles. The van der Waals surface area contributed by atoms with E-state index < -0.39 is 0 Å². The molecule has 1 aliphatic rings. The third-order valence-electron chi connectivity index (χ3n) is 6.06. The van der Waals surface area contributed by atoms with Gasteiger partial charge in [-0.2, -0.15) is 5.10 Å². The van der Waals surface area contributed by atoms with Crippen LogP contribution in [0.1, 0.15) is 43.7 Å². The lowest BCUT2D eigenvalue weighted by Crippen LogP contribution is -2.59. The maximum Gasteiger partial charge on any atom is 0.274 e. The third-order valence-corrected chi connectivity index (χ3v) is 6.06. The van der Waals surface area contributed by atoms with Crippen molar-refractivity contribution in [2.45, 2.75) is 38.6 Å². The van der Waals surface area contributed by atoms with E-state index in [0.29, 0.717) is 30.2 Å². The highest BCUT2D eigenvalue weighted by Crippen LogP contribution is 2.31. The van der Waals surface area contributed by atoms with Gasteiger partial charge in [0.05, 0.1) is 24.0 Å². The molecule has 170 valence electrons. The summed E-state index contributed by atoms with van der Waals surface area (Å²) >= 11 is 0. The molecule has 0 bridgehead atoms. The molecule has 3 aromatic rings. The summed E-state index contributed by atoms with van der Waals surface area (Å²) in [6, 6.07) is 8.18. The van der Waals surface area contributed by atoms with Crippen LogP contribution in [-0.2, 0) is 10.2 Å². The van der Waals surface area contributed by atoms with Crippen LogP contribution in [-0.4, -0.2) is 64.3 Å². The number of nitrogens with zero attached hydrogens (tertiary/aromatic N) is 4. The molecule has 1 N–H and O–H groups in total. The number of benzene rings is 1. The van der Waals surface area contributed by atoms with Crippen molar-refractivity contribution in [1.82, 2.24) is 24.8 Å². The summed E-state index contributed by atoms with van der Waals surface area (Å²) in [7, 11) is 1.66. The van der Waals surface area contributed by atoms with Crippen LogP contribution in [0.15, 0.2) is 36.5 Å². The average molecular weight is 440 g/mol. The Morgan fingerprint density at radius 1 is 1.28 bits per heavy atom. The molecule has 1 aromatic carbocycles. The van der Waals surface area contributed by atoms with Crippen LogP contribution < -0.4 is 5.32 Å². The van der Waals surface area contributed by atoms with E-state index in [-0.39, 0.29) is 22.7 Å². The number of carbonyl (C=O) groups excluding carboxylic acids is 1. The molecule has 8 heteroatoms. The molecule has 1 fully saturated rings. The van der Waals surface area contributed by atoms with Gasteiger partial charge in [-0.1, -0.05) is 13.8 Å². The lowest BCUT2D eigenvalue weighted by Gasteiger charge is -2.42. The molecule has 3 heterocycles. The number of carbonyl (C=O) groups is 1. The quantitative estimate of drug-likeness (QED) is 0.661. The van der Waals surface area contributed by atoms with E-state index in [1.165, 1.54) is 12.1 Å². The molecule has 7 nitrogen and oxygen atoms in total. The van der Waals surface area contributed by atoms with Gasteiger partial charge < -0.3 is 15.0 Å². The van der Waals surface area contributed by atoms with Gasteiger partial charge in [0.1, 0.15) is 11.5 Å². The minimum Gasteiger partial charge on any atom is -0.384 e. The van der Waals surface area contributed by atoms with Crippen LogP contribution in [0.3, 0.4) is 0 Å². The van der Waals surface area contributed by atoms with Crippen LogP contribution in [0.5, 0.6) is 0 Å². The first-order valence-electron chi connectivity index (χ1n) is 10.8. The molecule has 0 atom stereocenters. The van der Waals surface area contributed by atoms with E-state index in [0.717, 1.165) is 24.2 Å². The number of imidazole rings is 1. The maximum atomic E-state index is 13.5. The number of aromatic nitrogens is 3. The minimum absolute atomic E-state index is 0.110. The first-order valence-corrected chi connectivity index (χ1v) is 10.8. The number of piperazine rings is 1. The summed E-state index contributed by atoms with van der Waals surface area (Å²) in [6.07, 6.45) is 1.69. The summed E-state index contributed by atoms with van der Waals surface area (Å²) in [6.45, 7) is 10.8. The van der Waals surface area contributed by atoms with Crippen LogP contribution in [0.4, 0.5) is 4.39 Å². The fourth-order valence-electron chi connectivity index (χ4n) is 4.28. The molecule has 2 aromatic heterocycles. The molecule has 1 saturated heterocycles. The molecule has 0 spiro atoms. The normalized spacial score (nSPS) is 16.5. The SMILES string of the molecule is COCC(C)(C)c1cc(-c2ccc(F)cc2)nn2cc(C(=O)N3CCNCC3(C)C)nc12. The fourth-order valence-corrected chi connectivity index (χ4v) is 4.28. The van der Waals surface area contributed by atoms with Gasteiger partial charge in [0, 0.05) is 43.3 Å². The van der Waals surface area contributed by atoms with E-state index in [1.807, 2.05) is 24.8 Å². The molecule has 1 amide bonds. The molecular weight excluding hydrogens is 409 g/mol. The minimum atomic E-state index is -0.381. The van der Waals surface area contributed by atoms with Gasteiger partial charge in [-0.05, 0) is 44.2 Å². The Balaban J connectivity index is 1.85. The lowest BCUT2D eigenvalue weighted by atomic mass is 9.85. The number of fused-ring (bicyclic) bond motifs is 1. The highest BCUT2D eigenvalue weighted by Gasteiger charge is 2.35. The molecule has 4 rings (SSSR count). The Morgan fingerprint density at radius 3 is 2.66 bits per heavy atom. The zero-order chi connectivity index (χ0) is 23.1. The lowest BCUT2D eigenvalue weighted by molar-refractivity contribution is 0.0472. The number of hydrogen-bond acceptors (Lipinski definition) is 5. The summed E-state index contributed by atoms with van der Waals surface area (Å²) in [5.41, 5.74) is 2.66. The van der Waals surface area contributed by atoms with Gasteiger partial charge in [0.25, 0.3) is 5.91 Å². The van der Waals surface area contributed by atoms with E-state index in [4.69, 9.17) is 14.8 Å². The van der Waals surface area contributed by atoms with Gasteiger partial charge >= 0.3 is 0 Å². The molecule has 0 saturated carbocycles. The molecule has 32 heavy (non-hydrogen) atoms. The predicted molar refractivity (Wildman–Crippen MR) is 121 cm³/mol. The number of rotatable bonds is 5. The summed E-state index contributed by atoms with van der Waals surface area (Å²) in [5.74, 6) is -0.412. The summed E-state index contributed by atoms with van der Waals surface area (Å²) in [5, 5.41) is 8.04. The highest BCUT2D eigenvalue weighted by atomic mass is 19.1. The Labute approximate surface area is 187 Å². The standard InChI is InChI=1S/C24H30FN5O2/c1-23(2,15-32-5)18-12-19(16-6-8-17(25)9-7-16)28-30-13-20(27-21(18)30)22(31)29-11-10-26-14-24(29,3)4/h6-9,12-13,26H,10-11,14-15H2,1-5H3. The van der Waals surface area contributed by atoms with Gasteiger partial charge in [-0.3, -0.25) is 4.79 Å². The predicted octanol–water partition coefficient (Wildman–Crippen LogP) is 3.28. The van der Waals surface area contributed by atoms with Crippen molar-refractivity contribution in [3.63, 3.8) is 0 Å². The maximum absolute atomic E-state index is 13.5. The van der Waals surface area contributed by atoms with Crippen molar-refractivity contribution in [3.05, 3.63) is 53.6 Å². The second kappa shape index (κ2) is 8.26.